The summed E-state index contributed by atoms with van der Waals surface area (Å²) in [5.74, 6) is -1.19. The molecule has 0 aliphatic rings. The highest BCUT2D eigenvalue weighted by Crippen LogP contribution is 2.15. The lowest BCUT2D eigenvalue weighted by Crippen LogP contribution is -2.28. The molecule has 3 nitrogen and oxygen atoms in total. The fourth-order valence-corrected chi connectivity index (χ4v) is 2.03. The number of aliphatic carboxylic acids is 1. The van der Waals surface area contributed by atoms with Gasteiger partial charge in [0, 0.05) is 6.54 Å². The van der Waals surface area contributed by atoms with Crippen molar-refractivity contribution in [2.75, 3.05) is 0 Å². The highest BCUT2D eigenvalue weighted by Gasteiger charge is 2.18. The molecular formula is C16H16FNO2. The lowest BCUT2D eigenvalue weighted by atomic mass is 10.1. The molecule has 2 N–H and O–H groups in total. The normalized spacial score (nSPS) is 12.1. The summed E-state index contributed by atoms with van der Waals surface area (Å²) in [5, 5.41) is 12.3. The van der Waals surface area contributed by atoms with Gasteiger partial charge in [0.2, 0.25) is 0 Å². The predicted molar refractivity (Wildman–Crippen MR) is 74.8 cm³/mol. The predicted octanol–water partition coefficient (Wildman–Crippen LogP) is 3.05. The van der Waals surface area contributed by atoms with Crippen molar-refractivity contribution in [2.45, 2.75) is 19.5 Å². The minimum absolute atomic E-state index is 0.258. The molecule has 2 rings (SSSR count). The smallest absolute Gasteiger partial charge is 0.325 e. The molecule has 1 atom stereocenters. The molecule has 104 valence electrons. The van der Waals surface area contributed by atoms with Crippen molar-refractivity contribution in [3.8, 4) is 0 Å². The molecule has 0 radical (unpaired) electrons. The number of halogens is 1. The number of hydrogen-bond donors (Lipinski definition) is 2. The first-order valence-corrected chi connectivity index (χ1v) is 6.34. The summed E-state index contributed by atoms with van der Waals surface area (Å²) in [4.78, 5) is 11.3. The average molecular weight is 273 g/mol. The van der Waals surface area contributed by atoms with E-state index in [1.807, 2.05) is 6.07 Å². The molecule has 1 unspecified atom stereocenters. The van der Waals surface area contributed by atoms with Crippen LogP contribution < -0.4 is 5.32 Å². The number of carboxylic acid groups (broad SMARTS) is 1. The first-order chi connectivity index (χ1) is 9.58. The van der Waals surface area contributed by atoms with Crippen molar-refractivity contribution in [1.29, 1.82) is 0 Å². The lowest BCUT2D eigenvalue weighted by molar-refractivity contribution is -0.139. The number of nitrogens with one attached hydrogen (secondary N) is 1. The minimum atomic E-state index is -0.935. The largest absolute Gasteiger partial charge is 0.480 e. The summed E-state index contributed by atoms with van der Waals surface area (Å²) in [6.45, 7) is 2.05. The third-order valence-corrected chi connectivity index (χ3v) is 3.11. The van der Waals surface area contributed by atoms with Gasteiger partial charge in [-0.3, -0.25) is 10.1 Å². The second kappa shape index (κ2) is 6.30. The second-order valence-corrected chi connectivity index (χ2v) is 4.65. The van der Waals surface area contributed by atoms with E-state index in [2.05, 4.69) is 5.32 Å². The monoisotopic (exact) mass is 273 g/mol. The Kier molecular flexibility index (Phi) is 4.48. The maximum atomic E-state index is 13.2. The molecule has 0 amide bonds. The molecular weight excluding hydrogens is 257 g/mol. The van der Waals surface area contributed by atoms with Gasteiger partial charge in [-0.1, -0.05) is 42.5 Å². The number of hydrogen-bond acceptors (Lipinski definition) is 2. The lowest BCUT2D eigenvalue weighted by Gasteiger charge is -2.15. The van der Waals surface area contributed by atoms with Gasteiger partial charge >= 0.3 is 5.97 Å². The SMILES string of the molecule is Cc1cc(CNC(C(=O)O)c2ccccc2)ccc1F. The molecule has 4 heteroatoms. The van der Waals surface area contributed by atoms with Crippen LogP contribution in [-0.4, -0.2) is 11.1 Å². The van der Waals surface area contributed by atoms with E-state index in [0.29, 0.717) is 17.7 Å². The second-order valence-electron chi connectivity index (χ2n) is 4.65. The van der Waals surface area contributed by atoms with Gasteiger partial charge in [-0.2, -0.15) is 0 Å². The standard InChI is InChI=1S/C16H16FNO2/c1-11-9-12(7-8-14(11)17)10-18-15(16(19)20)13-5-3-2-4-6-13/h2-9,15,18H,10H2,1H3,(H,19,20). The first-order valence-electron chi connectivity index (χ1n) is 6.34. The molecule has 0 bridgehead atoms. The number of aryl methyl sites for hydroxylation is 1. The number of carboxylic acids is 1. The zero-order valence-corrected chi connectivity index (χ0v) is 11.1. The van der Waals surface area contributed by atoms with Gasteiger partial charge < -0.3 is 5.11 Å². The van der Waals surface area contributed by atoms with Crippen LogP contribution in [0.3, 0.4) is 0 Å². The van der Waals surface area contributed by atoms with Crippen LogP contribution in [0.25, 0.3) is 0 Å². The van der Waals surface area contributed by atoms with E-state index in [4.69, 9.17) is 0 Å². The van der Waals surface area contributed by atoms with Crippen LogP contribution in [0, 0.1) is 12.7 Å². The van der Waals surface area contributed by atoms with Crippen LogP contribution in [0.5, 0.6) is 0 Å². The molecule has 0 aliphatic carbocycles. The van der Waals surface area contributed by atoms with Crippen molar-refractivity contribution in [3.63, 3.8) is 0 Å². The summed E-state index contributed by atoms with van der Waals surface area (Å²) < 4.78 is 13.2. The van der Waals surface area contributed by atoms with Crippen LogP contribution in [0.4, 0.5) is 4.39 Å². The Morgan fingerprint density at radius 2 is 1.95 bits per heavy atom. The van der Waals surface area contributed by atoms with Crippen LogP contribution in [-0.2, 0) is 11.3 Å². The van der Waals surface area contributed by atoms with E-state index in [9.17, 15) is 14.3 Å². The zero-order chi connectivity index (χ0) is 14.5. The van der Waals surface area contributed by atoms with Crippen molar-refractivity contribution < 1.29 is 14.3 Å². The molecule has 0 aliphatic heterocycles. The third kappa shape index (κ3) is 3.42. The third-order valence-electron chi connectivity index (χ3n) is 3.11. The number of benzene rings is 2. The summed E-state index contributed by atoms with van der Waals surface area (Å²) in [5.41, 5.74) is 2.10. The number of rotatable bonds is 5. The van der Waals surface area contributed by atoms with E-state index in [1.54, 1.807) is 43.3 Å². The molecule has 0 fully saturated rings. The molecule has 0 saturated heterocycles. The van der Waals surface area contributed by atoms with E-state index < -0.39 is 12.0 Å². The Morgan fingerprint density at radius 1 is 1.25 bits per heavy atom. The summed E-state index contributed by atoms with van der Waals surface area (Å²) in [6, 6.07) is 13.0. The van der Waals surface area contributed by atoms with E-state index in [1.165, 1.54) is 6.07 Å². The van der Waals surface area contributed by atoms with Gasteiger partial charge in [-0.15, -0.1) is 0 Å². The fourth-order valence-electron chi connectivity index (χ4n) is 2.03. The van der Waals surface area contributed by atoms with Crippen LogP contribution in [0.1, 0.15) is 22.7 Å². The fraction of sp³-hybridized carbons (Fsp3) is 0.188. The molecule has 2 aromatic carbocycles. The van der Waals surface area contributed by atoms with Crippen LogP contribution >= 0.6 is 0 Å². The van der Waals surface area contributed by atoms with Gasteiger partial charge in [0.25, 0.3) is 0 Å². The van der Waals surface area contributed by atoms with E-state index >= 15 is 0 Å². The summed E-state index contributed by atoms with van der Waals surface area (Å²) >= 11 is 0. The van der Waals surface area contributed by atoms with Gasteiger partial charge in [0.15, 0.2) is 0 Å². The highest BCUT2D eigenvalue weighted by molar-refractivity contribution is 5.75. The Morgan fingerprint density at radius 3 is 2.55 bits per heavy atom. The molecule has 20 heavy (non-hydrogen) atoms. The highest BCUT2D eigenvalue weighted by atomic mass is 19.1. The van der Waals surface area contributed by atoms with Gasteiger partial charge in [0.1, 0.15) is 11.9 Å². The van der Waals surface area contributed by atoms with E-state index in [-0.39, 0.29) is 5.82 Å². The van der Waals surface area contributed by atoms with Crippen molar-refractivity contribution in [3.05, 3.63) is 71.0 Å². The maximum absolute atomic E-state index is 13.2. The summed E-state index contributed by atoms with van der Waals surface area (Å²) in [6.07, 6.45) is 0. The molecule has 0 spiro atoms. The Balaban J connectivity index is 2.10. The number of carbonyl (C=O) groups is 1. The van der Waals surface area contributed by atoms with Crippen molar-refractivity contribution >= 4 is 5.97 Å². The molecule has 2 aromatic rings. The molecule has 0 heterocycles. The van der Waals surface area contributed by atoms with E-state index in [0.717, 1.165) is 5.56 Å². The molecule has 0 saturated carbocycles. The molecule has 0 aromatic heterocycles. The van der Waals surface area contributed by atoms with Crippen molar-refractivity contribution in [1.82, 2.24) is 5.32 Å². The van der Waals surface area contributed by atoms with Gasteiger partial charge in [-0.25, -0.2) is 4.39 Å². The maximum Gasteiger partial charge on any atom is 0.325 e. The Labute approximate surface area is 117 Å². The van der Waals surface area contributed by atoms with Gasteiger partial charge in [0.05, 0.1) is 0 Å². The van der Waals surface area contributed by atoms with Crippen LogP contribution in [0.2, 0.25) is 0 Å². The topological polar surface area (TPSA) is 49.3 Å². The first kappa shape index (κ1) is 14.2. The minimum Gasteiger partial charge on any atom is -0.480 e. The quantitative estimate of drug-likeness (QED) is 0.880. The zero-order valence-electron chi connectivity index (χ0n) is 11.1. The summed E-state index contributed by atoms with van der Waals surface area (Å²) in [7, 11) is 0. The average Bonchev–Trinajstić information content (AvgIpc) is 2.44. The van der Waals surface area contributed by atoms with Crippen molar-refractivity contribution in [2.24, 2.45) is 0 Å². The Hall–Kier alpha value is -2.20. The Bertz CT molecular complexity index is 599. The van der Waals surface area contributed by atoms with Gasteiger partial charge in [-0.05, 0) is 29.7 Å². The van der Waals surface area contributed by atoms with Crippen LogP contribution in [0.15, 0.2) is 48.5 Å².